The predicted molar refractivity (Wildman–Crippen MR) is 159 cm³/mol. The number of rotatable bonds is 13. The monoisotopic (exact) mass is 552 g/mol. The Morgan fingerprint density at radius 1 is 1.05 bits per heavy atom. The number of hydrogen-bond acceptors (Lipinski definition) is 5. The van der Waals surface area contributed by atoms with Gasteiger partial charge in [-0.3, -0.25) is 9.69 Å². The van der Waals surface area contributed by atoms with Crippen molar-refractivity contribution in [2.24, 2.45) is 5.92 Å². The second kappa shape index (κ2) is 14.9. The molecule has 1 aliphatic carbocycles. The maximum atomic E-state index is 13.4. The molecule has 7 heteroatoms. The highest BCUT2D eigenvalue weighted by Crippen LogP contribution is 2.30. The van der Waals surface area contributed by atoms with E-state index in [0.717, 1.165) is 60.9 Å². The largest absolute Gasteiger partial charge is 0.480 e. The van der Waals surface area contributed by atoms with Gasteiger partial charge in [0, 0.05) is 24.8 Å². The number of aliphatic carboxylic acids is 1. The zero-order valence-corrected chi connectivity index (χ0v) is 24.3. The van der Waals surface area contributed by atoms with Gasteiger partial charge in [-0.1, -0.05) is 49.6 Å². The van der Waals surface area contributed by atoms with Crippen LogP contribution in [0.3, 0.4) is 0 Å². The minimum absolute atomic E-state index is 0.344. The number of likely N-dealkylation sites (tertiary alicyclic amines) is 1. The molecular formula is C32H44N2O4S. The number of nitrogens with one attached hydrogen (secondary N) is 1. The van der Waals surface area contributed by atoms with Crippen molar-refractivity contribution < 1.29 is 19.4 Å². The van der Waals surface area contributed by atoms with E-state index >= 15 is 0 Å². The third-order valence-electron chi connectivity index (χ3n) is 8.25. The first-order chi connectivity index (χ1) is 19.0. The lowest BCUT2D eigenvalue weighted by molar-refractivity contribution is -0.139. The molecule has 2 aromatic carbocycles. The van der Waals surface area contributed by atoms with Gasteiger partial charge >= 0.3 is 5.97 Å². The fraction of sp³-hybridized carbons (Fsp3) is 0.562. The van der Waals surface area contributed by atoms with Crippen LogP contribution in [0.4, 0.5) is 0 Å². The van der Waals surface area contributed by atoms with Gasteiger partial charge in [0.2, 0.25) is 0 Å². The first-order valence-electron chi connectivity index (χ1n) is 14.5. The highest BCUT2D eigenvalue weighted by molar-refractivity contribution is 7.98. The fourth-order valence-electron chi connectivity index (χ4n) is 5.97. The third-order valence-corrected chi connectivity index (χ3v) is 8.90. The summed E-state index contributed by atoms with van der Waals surface area (Å²) in [4.78, 5) is 27.7. The van der Waals surface area contributed by atoms with Crippen LogP contribution in [0.1, 0.15) is 72.9 Å². The van der Waals surface area contributed by atoms with E-state index < -0.39 is 12.0 Å². The summed E-state index contributed by atoms with van der Waals surface area (Å²) in [6.45, 7) is 5.58. The molecule has 4 rings (SSSR count). The molecule has 6 nitrogen and oxygen atoms in total. The Balaban J connectivity index is 1.49. The average molecular weight is 553 g/mol. The normalized spacial score (nSPS) is 19.2. The van der Waals surface area contributed by atoms with E-state index in [0.29, 0.717) is 23.8 Å². The minimum Gasteiger partial charge on any atom is -0.480 e. The SMILES string of the molecule is CSCC[C@H](NC(=O)c1ccc(CN2CCC[C@@H]2COCC2CCCCC2)cc1-c1ccccc1C)C(=O)O. The second-order valence-electron chi connectivity index (χ2n) is 11.1. The third kappa shape index (κ3) is 8.32. The molecule has 2 atom stereocenters. The molecule has 0 aromatic heterocycles. The van der Waals surface area contributed by atoms with Crippen LogP contribution in [0.2, 0.25) is 0 Å². The summed E-state index contributed by atoms with van der Waals surface area (Å²) in [7, 11) is 0. The van der Waals surface area contributed by atoms with E-state index in [1.165, 1.54) is 38.5 Å². The molecule has 1 saturated heterocycles. The number of nitrogens with zero attached hydrogens (tertiary/aromatic N) is 1. The van der Waals surface area contributed by atoms with Crippen molar-refractivity contribution in [3.05, 3.63) is 59.2 Å². The van der Waals surface area contributed by atoms with Crippen LogP contribution < -0.4 is 5.32 Å². The van der Waals surface area contributed by atoms with Gasteiger partial charge in [-0.2, -0.15) is 11.8 Å². The molecule has 2 aromatic rings. The van der Waals surface area contributed by atoms with Gasteiger partial charge in [-0.25, -0.2) is 4.79 Å². The van der Waals surface area contributed by atoms with E-state index in [9.17, 15) is 14.7 Å². The molecule has 2 aliphatic rings. The van der Waals surface area contributed by atoms with Crippen LogP contribution in [-0.4, -0.2) is 65.7 Å². The number of hydrogen-bond donors (Lipinski definition) is 2. The standard InChI is InChI=1S/C32H44N2O4S/c1-23-9-6-7-13-27(23)29-19-25(14-15-28(29)31(35)33-30(32(36)37)16-18-39-2)20-34-17-8-12-26(34)22-38-21-24-10-4-3-5-11-24/h6-7,9,13-15,19,24,26,30H,3-5,8,10-12,16-18,20-22H2,1-2H3,(H,33,35)(H,36,37)/t26-,30+/m1/s1. The van der Waals surface area contributed by atoms with Gasteiger partial charge in [0.1, 0.15) is 6.04 Å². The lowest BCUT2D eigenvalue weighted by Crippen LogP contribution is -2.41. The van der Waals surface area contributed by atoms with E-state index in [4.69, 9.17) is 4.74 Å². The van der Waals surface area contributed by atoms with Crippen LogP contribution in [0.25, 0.3) is 11.1 Å². The lowest BCUT2D eigenvalue weighted by Gasteiger charge is -2.27. The Bertz CT molecular complexity index is 1100. The number of carbonyl (C=O) groups excluding carboxylic acids is 1. The van der Waals surface area contributed by atoms with Gasteiger partial charge in [0.15, 0.2) is 0 Å². The molecule has 0 unspecified atom stereocenters. The zero-order valence-electron chi connectivity index (χ0n) is 23.5. The summed E-state index contributed by atoms with van der Waals surface area (Å²) < 4.78 is 6.22. The van der Waals surface area contributed by atoms with Gasteiger partial charge in [-0.15, -0.1) is 0 Å². The van der Waals surface area contributed by atoms with Crippen molar-refractivity contribution >= 4 is 23.6 Å². The Morgan fingerprint density at radius 2 is 1.85 bits per heavy atom. The van der Waals surface area contributed by atoms with Crippen molar-refractivity contribution in [1.82, 2.24) is 10.2 Å². The molecule has 2 N–H and O–H groups in total. The van der Waals surface area contributed by atoms with Crippen LogP contribution >= 0.6 is 11.8 Å². The van der Waals surface area contributed by atoms with Crippen LogP contribution in [0.15, 0.2) is 42.5 Å². The molecular weight excluding hydrogens is 508 g/mol. The first-order valence-corrected chi connectivity index (χ1v) is 15.9. The zero-order chi connectivity index (χ0) is 27.6. The number of carbonyl (C=O) groups is 2. The van der Waals surface area contributed by atoms with Crippen molar-refractivity contribution in [1.29, 1.82) is 0 Å². The molecule has 1 saturated carbocycles. The van der Waals surface area contributed by atoms with Crippen molar-refractivity contribution in [2.45, 2.75) is 76.9 Å². The Hall–Kier alpha value is -2.35. The molecule has 0 radical (unpaired) electrons. The number of ether oxygens (including phenoxy) is 1. The smallest absolute Gasteiger partial charge is 0.326 e. The van der Waals surface area contributed by atoms with E-state index in [-0.39, 0.29) is 5.91 Å². The van der Waals surface area contributed by atoms with Crippen LogP contribution in [-0.2, 0) is 16.1 Å². The van der Waals surface area contributed by atoms with Gasteiger partial charge in [0.05, 0.1) is 6.61 Å². The summed E-state index contributed by atoms with van der Waals surface area (Å²) >= 11 is 1.57. The predicted octanol–water partition coefficient (Wildman–Crippen LogP) is 6.16. The minimum atomic E-state index is -1.00. The molecule has 1 heterocycles. The molecule has 2 fully saturated rings. The van der Waals surface area contributed by atoms with E-state index in [2.05, 4.69) is 16.3 Å². The van der Waals surface area contributed by atoms with Crippen molar-refractivity contribution in [3.8, 4) is 11.1 Å². The summed E-state index contributed by atoms with van der Waals surface area (Å²) in [5, 5.41) is 12.4. The summed E-state index contributed by atoms with van der Waals surface area (Å²) in [6, 6.07) is 13.6. The Morgan fingerprint density at radius 3 is 2.59 bits per heavy atom. The molecule has 1 amide bonds. The van der Waals surface area contributed by atoms with Gasteiger partial charge < -0.3 is 15.2 Å². The van der Waals surface area contributed by atoms with Crippen LogP contribution in [0.5, 0.6) is 0 Å². The number of aryl methyl sites for hydroxylation is 1. The number of carboxylic acids is 1. The summed E-state index contributed by atoms with van der Waals surface area (Å²) in [5.41, 5.74) is 4.59. The Kier molecular flexibility index (Phi) is 11.3. The quantitative estimate of drug-likeness (QED) is 0.310. The maximum Gasteiger partial charge on any atom is 0.326 e. The number of thioether (sulfide) groups is 1. The number of amides is 1. The van der Waals surface area contributed by atoms with Crippen LogP contribution in [0, 0.1) is 12.8 Å². The van der Waals surface area contributed by atoms with E-state index in [1.54, 1.807) is 11.8 Å². The lowest BCUT2D eigenvalue weighted by atomic mass is 9.90. The van der Waals surface area contributed by atoms with Gasteiger partial charge in [0.25, 0.3) is 5.91 Å². The maximum absolute atomic E-state index is 13.4. The molecule has 0 spiro atoms. The van der Waals surface area contributed by atoms with E-state index in [1.807, 2.05) is 49.6 Å². The number of benzene rings is 2. The fourth-order valence-corrected chi connectivity index (χ4v) is 6.44. The molecule has 212 valence electrons. The first kappa shape index (κ1) is 29.6. The topological polar surface area (TPSA) is 78.9 Å². The average Bonchev–Trinajstić information content (AvgIpc) is 3.38. The highest BCUT2D eigenvalue weighted by Gasteiger charge is 2.27. The van der Waals surface area contributed by atoms with Crippen molar-refractivity contribution in [3.63, 3.8) is 0 Å². The molecule has 1 aliphatic heterocycles. The summed E-state index contributed by atoms with van der Waals surface area (Å²) in [5.74, 6) is 0.0495. The van der Waals surface area contributed by atoms with Gasteiger partial charge in [-0.05, 0) is 97.9 Å². The molecule has 0 bridgehead atoms. The summed E-state index contributed by atoms with van der Waals surface area (Å²) in [6.07, 6.45) is 11.3. The Labute approximate surface area is 237 Å². The number of carboxylic acid groups (broad SMARTS) is 1. The highest BCUT2D eigenvalue weighted by atomic mass is 32.2. The van der Waals surface area contributed by atoms with Crippen molar-refractivity contribution in [2.75, 3.05) is 31.8 Å². The second-order valence-corrected chi connectivity index (χ2v) is 12.1. The molecule has 39 heavy (non-hydrogen) atoms.